The third kappa shape index (κ3) is 5.57. The zero-order chi connectivity index (χ0) is 20.6. The standard InChI is InChI=1S/C24H23ClN2O2/c1-2-24(23(28)12-5-17-4-3-13-27-16-17)29-21-10-8-18(9-11-21)19-6-7-20(15-26)22(25)14-19/h3-4,6-11,13-14,16,23-24,28H,2,5,12H2,1H3/t23?,24-/m0/s1. The Hall–Kier alpha value is -2.87. The quantitative estimate of drug-likeness (QED) is 0.542. The van der Waals surface area contributed by atoms with E-state index in [1.54, 1.807) is 18.3 Å². The largest absolute Gasteiger partial charge is 0.488 e. The molecule has 29 heavy (non-hydrogen) atoms. The van der Waals surface area contributed by atoms with Gasteiger partial charge < -0.3 is 9.84 Å². The van der Waals surface area contributed by atoms with Gasteiger partial charge in [-0.05, 0) is 66.3 Å². The summed E-state index contributed by atoms with van der Waals surface area (Å²) in [6.45, 7) is 2.01. The molecule has 1 heterocycles. The molecule has 0 fully saturated rings. The van der Waals surface area contributed by atoms with E-state index < -0.39 is 6.10 Å². The van der Waals surface area contributed by atoms with E-state index in [4.69, 9.17) is 21.6 Å². The van der Waals surface area contributed by atoms with Crippen LogP contribution in [0.1, 0.15) is 30.9 Å². The molecule has 0 aliphatic carbocycles. The molecule has 0 aliphatic rings. The van der Waals surface area contributed by atoms with Gasteiger partial charge in [-0.2, -0.15) is 5.26 Å². The maximum absolute atomic E-state index is 10.6. The van der Waals surface area contributed by atoms with Crippen LogP contribution in [0, 0.1) is 11.3 Å². The van der Waals surface area contributed by atoms with Gasteiger partial charge in [-0.25, -0.2) is 0 Å². The topological polar surface area (TPSA) is 66.1 Å². The highest BCUT2D eigenvalue weighted by molar-refractivity contribution is 6.32. The molecule has 148 valence electrons. The minimum atomic E-state index is -0.558. The van der Waals surface area contributed by atoms with E-state index in [2.05, 4.69) is 11.1 Å². The number of halogens is 1. The average Bonchev–Trinajstić information content (AvgIpc) is 2.77. The number of rotatable bonds is 8. The van der Waals surface area contributed by atoms with E-state index >= 15 is 0 Å². The summed E-state index contributed by atoms with van der Waals surface area (Å²) in [7, 11) is 0. The van der Waals surface area contributed by atoms with Gasteiger partial charge >= 0.3 is 0 Å². The zero-order valence-electron chi connectivity index (χ0n) is 16.3. The predicted molar refractivity (Wildman–Crippen MR) is 115 cm³/mol. The first-order valence-corrected chi connectivity index (χ1v) is 10.0. The van der Waals surface area contributed by atoms with E-state index in [9.17, 15) is 5.11 Å². The van der Waals surface area contributed by atoms with Crippen LogP contribution in [0.5, 0.6) is 5.75 Å². The van der Waals surface area contributed by atoms with E-state index in [1.165, 1.54) is 0 Å². The van der Waals surface area contributed by atoms with Crippen LogP contribution in [0.3, 0.4) is 0 Å². The van der Waals surface area contributed by atoms with Crippen molar-refractivity contribution in [1.82, 2.24) is 4.98 Å². The number of hydrogen-bond donors (Lipinski definition) is 1. The highest BCUT2D eigenvalue weighted by Crippen LogP contribution is 2.27. The van der Waals surface area contributed by atoms with Gasteiger partial charge in [0.2, 0.25) is 0 Å². The predicted octanol–water partition coefficient (Wildman–Crippen LogP) is 5.42. The summed E-state index contributed by atoms with van der Waals surface area (Å²) < 4.78 is 6.03. The van der Waals surface area contributed by atoms with Crippen LogP contribution in [-0.4, -0.2) is 22.3 Å². The van der Waals surface area contributed by atoms with Gasteiger partial charge in [-0.3, -0.25) is 4.98 Å². The maximum Gasteiger partial charge on any atom is 0.124 e. The molecule has 0 amide bonds. The van der Waals surface area contributed by atoms with Crippen molar-refractivity contribution in [2.75, 3.05) is 0 Å². The molecular formula is C24H23ClN2O2. The van der Waals surface area contributed by atoms with Gasteiger partial charge in [0.25, 0.3) is 0 Å². The van der Waals surface area contributed by atoms with E-state index in [-0.39, 0.29) is 6.10 Å². The third-order valence-corrected chi connectivity index (χ3v) is 5.16. The Kier molecular flexibility index (Phi) is 7.24. The van der Waals surface area contributed by atoms with Gasteiger partial charge in [0.1, 0.15) is 17.9 Å². The Bertz CT molecular complexity index is 968. The summed E-state index contributed by atoms with van der Waals surface area (Å²) in [6.07, 6.45) is 4.82. The first kappa shape index (κ1) is 20.9. The number of aliphatic hydroxyl groups excluding tert-OH is 1. The monoisotopic (exact) mass is 406 g/mol. The van der Waals surface area contributed by atoms with Crippen molar-refractivity contribution < 1.29 is 9.84 Å². The van der Waals surface area contributed by atoms with Crippen molar-refractivity contribution in [1.29, 1.82) is 5.26 Å². The van der Waals surface area contributed by atoms with Crippen molar-refractivity contribution in [3.05, 3.63) is 83.1 Å². The number of nitriles is 1. The molecule has 1 N–H and O–H groups in total. The van der Waals surface area contributed by atoms with Gasteiger partial charge in [-0.1, -0.05) is 42.8 Å². The summed E-state index contributed by atoms with van der Waals surface area (Å²) in [5, 5.41) is 20.0. The van der Waals surface area contributed by atoms with Crippen molar-refractivity contribution in [3.63, 3.8) is 0 Å². The van der Waals surface area contributed by atoms with E-state index in [0.29, 0.717) is 29.2 Å². The van der Waals surface area contributed by atoms with Crippen LogP contribution in [0.15, 0.2) is 67.0 Å². The second kappa shape index (κ2) is 10.1. The lowest BCUT2D eigenvalue weighted by Crippen LogP contribution is -2.31. The lowest BCUT2D eigenvalue weighted by atomic mass is 10.0. The van der Waals surface area contributed by atoms with E-state index in [0.717, 1.165) is 23.1 Å². The first-order chi connectivity index (χ1) is 14.1. The zero-order valence-corrected chi connectivity index (χ0v) is 17.0. The minimum Gasteiger partial charge on any atom is -0.488 e. The van der Waals surface area contributed by atoms with Crippen LogP contribution < -0.4 is 4.74 Å². The summed E-state index contributed by atoms with van der Waals surface area (Å²) in [5.41, 5.74) is 3.48. The number of pyridine rings is 1. The molecule has 3 rings (SSSR count). The molecule has 0 spiro atoms. The molecule has 3 aromatic rings. The van der Waals surface area contributed by atoms with Crippen LogP contribution in [0.2, 0.25) is 5.02 Å². The second-order valence-corrected chi connectivity index (χ2v) is 7.27. The summed E-state index contributed by atoms with van der Waals surface area (Å²) in [5.74, 6) is 0.709. The van der Waals surface area contributed by atoms with Crippen molar-refractivity contribution >= 4 is 11.6 Å². The van der Waals surface area contributed by atoms with Crippen LogP contribution in [0.25, 0.3) is 11.1 Å². The number of aliphatic hydroxyl groups is 1. The Morgan fingerprint density at radius 2 is 1.90 bits per heavy atom. The molecule has 0 radical (unpaired) electrons. The van der Waals surface area contributed by atoms with Gasteiger partial charge in [0, 0.05) is 12.4 Å². The van der Waals surface area contributed by atoms with Gasteiger partial charge in [0.05, 0.1) is 16.7 Å². The Morgan fingerprint density at radius 3 is 2.52 bits per heavy atom. The molecule has 2 aromatic carbocycles. The molecule has 0 saturated heterocycles. The minimum absolute atomic E-state index is 0.276. The third-order valence-electron chi connectivity index (χ3n) is 4.85. The van der Waals surface area contributed by atoms with Crippen molar-refractivity contribution in [2.45, 2.75) is 38.4 Å². The molecule has 5 heteroatoms. The van der Waals surface area contributed by atoms with Gasteiger partial charge in [0.15, 0.2) is 0 Å². The molecule has 4 nitrogen and oxygen atoms in total. The summed E-state index contributed by atoms with van der Waals surface area (Å²) in [4.78, 5) is 4.11. The van der Waals surface area contributed by atoms with Crippen LogP contribution >= 0.6 is 11.6 Å². The number of ether oxygens (including phenoxy) is 1. The van der Waals surface area contributed by atoms with E-state index in [1.807, 2.05) is 55.6 Å². The van der Waals surface area contributed by atoms with Gasteiger partial charge in [-0.15, -0.1) is 0 Å². The summed E-state index contributed by atoms with van der Waals surface area (Å²) in [6, 6.07) is 19.0. The Morgan fingerprint density at radius 1 is 1.14 bits per heavy atom. The maximum atomic E-state index is 10.6. The fourth-order valence-electron chi connectivity index (χ4n) is 3.17. The molecule has 0 saturated carbocycles. The number of aryl methyl sites for hydroxylation is 1. The number of nitrogens with zero attached hydrogens (tertiary/aromatic N) is 2. The smallest absolute Gasteiger partial charge is 0.124 e. The normalized spacial score (nSPS) is 12.8. The van der Waals surface area contributed by atoms with Crippen molar-refractivity contribution in [3.8, 4) is 22.9 Å². The molecule has 2 atom stereocenters. The molecule has 0 bridgehead atoms. The lowest BCUT2D eigenvalue weighted by molar-refractivity contribution is 0.0291. The number of hydrogen-bond acceptors (Lipinski definition) is 4. The average molecular weight is 407 g/mol. The molecule has 1 unspecified atom stereocenters. The fraction of sp³-hybridized carbons (Fsp3) is 0.250. The van der Waals surface area contributed by atoms with Crippen molar-refractivity contribution in [2.24, 2.45) is 0 Å². The summed E-state index contributed by atoms with van der Waals surface area (Å²) >= 11 is 6.13. The second-order valence-electron chi connectivity index (χ2n) is 6.86. The lowest BCUT2D eigenvalue weighted by Gasteiger charge is -2.23. The Labute approximate surface area is 176 Å². The highest BCUT2D eigenvalue weighted by atomic mass is 35.5. The number of aromatic nitrogens is 1. The fourth-order valence-corrected chi connectivity index (χ4v) is 3.39. The first-order valence-electron chi connectivity index (χ1n) is 9.64. The number of benzene rings is 2. The van der Waals surface area contributed by atoms with Crippen LogP contribution in [0.4, 0.5) is 0 Å². The SMILES string of the molecule is CC[C@H](Oc1ccc(-c2ccc(C#N)c(Cl)c2)cc1)C(O)CCc1cccnc1. The molecule has 0 aliphatic heterocycles. The Balaban J connectivity index is 1.62. The van der Waals surface area contributed by atoms with Crippen LogP contribution in [-0.2, 0) is 6.42 Å². The highest BCUT2D eigenvalue weighted by Gasteiger charge is 2.19. The molecule has 1 aromatic heterocycles. The molecular weight excluding hydrogens is 384 g/mol.